The lowest BCUT2D eigenvalue weighted by Crippen LogP contribution is -2.66. The van der Waals surface area contributed by atoms with E-state index in [0.717, 1.165) is 57.0 Å². The minimum Gasteiger partial charge on any atom is -0.353 e. The summed E-state index contributed by atoms with van der Waals surface area (Å²) in [5.41, 5.74) is 0.772. The number of amides is 1. The molecule has 2 fully saturated rings. The number of aromatic nitrogens is 2. The van der Waals surface area contributed by atoms with Crippen LogP contribution in [0, 0.1) is 0 Å². The van der Waals surface area contributed by atoms with E-state index in [1.807, 2.05) is 12.4 Å². The number of hydrogen-bond donors (Lipinski definition) is 2. The number of piperazine rings is 1. The number of carbonyl (C=O) groups is 1. The van der Waals surface area contributed by atoms with E-state index >= 15 is 0 Å². The highest BCUT2D eigenvalue weighted by molar-refractivity contribution is 5.87. The SMILES string of the molecule is CCc1cnc(N2CCC3(CC2)NCCNC3=O)nc1. The van der Waals surface area contributed by atoms with Crippen LogP contribution in [-0.4, -0.2) is 47.6 Å². The van der Waals surface area contributed by atoms with Gasteiger partial charge < -0.3 is 15.5 Å². The Balaban J connectivity index is 1.67. The molecule has 3 rings (SSSR count). The van der Waals surface area contributed by atoms with Gasteiger partial charge in [0.05, 0.1) is 0 Å². The Bertz CT molecular complexity index is 479. The topological polar surface area (TPSA) is 70.2 Å². The van der Waals surface area contributed by atoms with Crippen molar-refractivity contribution in [2.24, 2.45) is 0 Å². The molecule has 1 spiro atoms. The van der Waals surface area contributed by atoms with Gasteiger partial charge in [0.2, 0.25) is 11.9 Å². The molecule has 0 aliphatic carbocycles. The zero-order valence-corrected chi connectivity index (χ0v) is 11.9. The third-order valence-electron chi connectivity index (χ3n) is 4.31. The van der Waals surface area contributed by atoms with Crippen molar-refractivity contribution in [2.45, 2.75) is 31.7 Å². The molecule has 2 aliphatic rings. The Morgan fingerprint density at radius 2 is 1.95 bits per heavy atom. The van der Waals surface area contributed by atoms with E-state index in [2.05, 4.69) is 32.4 Å². The minimum absolute atomic E-state index is 0.144. The monoisotopic (exact) mass is 275 g/mol. The summed E-state index contributed by atoms with van der Waals surface area (Å²) >= 11 is 0. The molecular formula is C14H21N5O. The predicted molar refractivity (Wildman–Crippen MR) is 76.6 cm³/mol. The molecule has 6 heteroatoms. The standard InChI is InChI=1S/C14H21N5O/c1-2-11-9-16-13(17-10-11)19-7-3-14(4-8-19)12(20)15-5-6-18-14/h9-10,18H,2-8H2,1H3,(H,15,20). The lowest BCUT2D eigenvalue weighted by Gasteiger charge is -2.43. The van der Waals surface area contributed by atoms with Crippen LogP contribution in [0.3, 0.4) is 0 Å². The highest BCUT2D eigenvalue weighted by Crippen LogP contribution is 2.25. The highest BCUT2D eigenvalue weighted by atomic mass is 16.2. The van der Waals surface area contributed by atoms with Crippen molar-refractivity contribution in [3.8, 4) is 0 Å². The van der Waals surface area contributed by atoms with Crippen LogP contribution in [0.1, 0.15) is 25.3 Å². The highest BCUT2D eigenvalue weighted by Gasteiger charge is 2.42. The van der Waals surface area contributed by atoms with Crippen molar-refractivity contribution in [1.29, 1.82) is 0 Å². The van der Waals surface area contributed by atoms with Gasteiger partial charge in [0.1, 0.15) is 5.54 Å². The van der Waals surface area contributed by atoms with Crippen molar-refractivity contribution >= 4 is 11.9 Å². The van der Waals surface area contributed by atoms with Gasteiger partial charge in [-0.2, -0.15) is 0 Å². The third kappa shape index (κ3) is 2.35. The quantitative estimate of drug-likeness (QED) is 0.801. The van der Waals surface area contributed by atoms with Crippen molar-refractivity contribution in [3.63, 3.8) is 0 Å². The second-order valence-corrected chi connectivity index (χ2v) is 5.50. The lowest BCUT2D eigenvalue weighted by molar-refractivity contribution is -0.130. The summed E-state index contributed by atoms with van der Waals surface area (Å²) in [7, 11) is 0. The van der Waals surface area contributed by atoms with Crippen molar-refractivity contribution in [3.05, 3.63) is 18.0 Å². The van der Waals surface area contributed by atoms with Gasteiger partial charge in [0.15, 0.2) is 0 Å². The van der Waals surface area contributed by atoms with Crippen molar-refractivity contribution in [2.75, 3.05) is 31.1 Å². The first-order valence-electron chi connectivity index (χ1n) is 7.33. The van der Waals surface area contributed by atoms with E-state index in [4.69, 9.17) is 0 Å². The summed E-state index contributed by atoms with van der Waals surface area (Å²) in [5.74, 6) is 0.916. The van der Waals surface area contributed by atoms with Crippen LogP contribution in [0.2, 0.25) is 0 Å². The Labute approximate surface area is 119 Å². The smallest absolute Gasteiger partial charge is 0.240 e. The van der Waals surface area contributed by atoms with Gasteiger partial charge in [-0.25, -0.2) is 9.97 Å². The molecule has 0 radical (unpaired) electrons. The van der Waals surface area contributed by atoms with Gasteiger partial charge in [-0.3, -0.25) is 4.79 Å². The summed E-state index contributed by atoms with van der Waals surface area (Å²) in [6, 6.07) is 0. The number of piperidine rings is 1. The molecule has 2 N–H and O–H groups in total. The molecule has 2 aliphatic heterocycles. The Hall–Kier alpha value is -1.69. The number of nitrogens with zero attached hydrogens (tertiary/aromatic N) is 3. The maximum atomic E-state index is 12.1. The third-order valence-corrected chi connectivity index (χ3v) is 4.31. The number of carbonyl (C=O) groups excluding carboxylic acids is 1. The first-order valence-corrected chi connectivity index (χ1v) is 7.33. The van der Waals surface area contributed by atoms with Gasteiger partial charge in [-0.05, 0) is 24.8 Å². The number of nitrogens with one attached hydrogen (secondary N) is 2. The van der Waals surface area contributed by atoms with Crippen LogP contribution in [0.25, 0.3) is 0 Å². The van der Waals surface area contributed by atoms with Gasteiger partial charge in [0, 0.05) is 38.6 Å². The van der Waals surface area contributed by atoms with Gasteiger partial charge in [0.25, 0.3) is 0 Å². The molecule has 0 atom stereocenters. The Morgan fingerprint density at radius 3 is 2.55 bits per heavy atom. The molecule has 0 unspecified atom stereocenters. The van der Waals surface area contributed by atoms with Crippen LogP contribution in [-0.2, 0) is 11.2 Å². The fourth-order valence-electron chi connectivity index (χ4n) is 2.91. The second kappa shape index (κ2) is 5.36. The summed E-state index contributed by atoms with van der Waals surface area (Å²) < 4.78 is 0. The van der Waals surface area contributed by atoms with Crippen LogP contribution >= 0.6 is 0 Å². The van der Waals surface area contributed by atoms with E-state index < -0.39 is 0 Å². The van der Waals surface area contributed by atoms with Crippen LogP contribution < -0.4 is 15.5 Å². The lowest BCUT2D eigenvalue weighted by atomic mass is 9.85. The van der Waals surface area contributed by atoms with Gasteiger partial charge in [-0.15, -0.1) is 0 Å². The number of aryl methyl sites for hydroxylation is 1. The second-order valence-electron chi connectivity index (χ2n) is 5.50. The number of anilines is 1. The Morgan fingerprint density at radius 1 is 1.25 bits per heavy atom. The van der Waals surface area contributed by atoms with Gasteiger partial charge in [-0.1, -0.05) is 6.92 Å². The Kier molecular flexibility index (Phi) is 3.56. The van der Waals surface area contributed by atoms with Crippen molar-refractivity contribution < 1.29 is 4.79 Å². The molecule has 0 bridgehead atoms. The van der Waals surface area contributed by atoms with Crippen LogP contribution in [0.5, 0.6) is 0 Å². The first kappa shape index (κ1) is 13.3. The number of rotatable bonds is 2. The summed E-state index contributed by atoms with van der Waals surface area (Å²) in [6.45, 7) is 5.30. The molecule has 0 aromatic carbocycles. The molecular weight excluding hydrogens is 254 g/mol. The average molecular weight is 275 g/mol. The summed E-state index contributed by atoms with van der Waals surface area (Å²) in [6.07, 6.45) is 6.33. The molecule has 6 nitrogen and oxygen atoms in total. The van der Waals surface area contributed by atoms with E-state index in [-0.39, 0.29) is 11.4 Å². The van der Waals surface area contributed by atoms with E-state index in [0.29, 0.717) is 0 Å². The molecule has 1 aromatic heterocycles. The van der Waals surface area contributed by atoms with E-state index in [1.54, 1.807) is 0 Å². The average Bonchev–Trinajstić information content (AvgIpc) is 2.51. The number of hydrogen-bond acceptors (Lipinski definition) is 5. The van der Waals surface area contributed by atoms with Gasteiger partial charge >= 0.3 is 0 Å². The summed E-state index contributed by atoms with van der Waals surface area (Å²) in [4.78, 5) is 23.1. The molecule has 3 heterocycles. The fourth-order valence-corrected chi connectivity index (χ4v) is 2.91. The molecule has 108 valence electrons. The van der Waals surface area contributed by atoms with E-state index in [1.165, 1.54) is 0 Å². The predicted octanol–water partition coefficient (Wildman–Crippen LogP) is 0.0974. The van der Waals surface area contributed by atoms with E-state index in [9.17, 15) is 4.79 Å². The largest absolute Gasteiger partial charge is 0.353 e. The van der Waals surface area contributed by atoms with Crippen molar-refractivity contribution in [1.82, 2.24) is 20.6 Å². The molecule has 20 heavy (non-hydrogen) atoms. The maximum Gasteiger partial charge on any atom is 0.240 e. The molecule has 2 saturated heterocycles. The minimum atomic E-state index is -0.377. The van der Waals surface area contributed by atoms with Crippen LogP contribution in [0.4, 0.5) is 5.95 Å². The van der Waals surface area contributed by atoms with Crippen LogP contribution in [0.15, 0.2) is 12.4 Å². The normalized spacial score (nSPS) is 21.9. The molecule has 0 saturated carbocycles. The zero-order chi connectivity index (χ0) is 14.0. The fraction of sp³-hybridized carbons (Fsp3) is 0.643. The summed E-state index contributed by atoms with van der Waals surface area (Å²) in [5, 5.41) is 6.36. The first-order chi connectivity index (χ1) is 9.73. The molecule has 1 amide bonds. The molecule has 1 aromatic rings. The zero-order valence-electron chi connectivity index (χ0n) is 11.9. The maximum absolute atomic E-state index is 12.1.